The number of anilines is 1. The van der Waals surface area contributed by atoms with E-state index in [9.17, 15) is 18.0 Å². The molecule has 2 rings (SSSR count). The number of amides is 2. The molecule has 0 saturated heterocycles. The molecular weight excluding hydrogens is 497 g/mol. The van der Waals surface area contributed by atoms with Crippen molar-refractivity contribution >= 4 is 50.7 Å². The number of benzene rings is 2. The number of nitrogens with one attached hydrogen (secondary N) is 1. The first-order chi connectivity index (χ1) is 16.0. The van der Waals surface area contributed by atoms with Gasteiger partial charge in [-0.15, -0.1) is 0 Å². The first kappa shape index (κ1) is 28.0. The van der Waals surface area contributed by atoms with E-state index in [4.69, 9.17) is 23.2 Å². The third kappa shape index (κ3) is 7.61. The van der Waals surface area contributed by atoms with Gasteiger partial charge in [0.25, 0.3) is 0 Å². The first-order valence-electron chi connectivity index (χ1n) is 11.0. The summed E-state index contributed by atoms with van der Waals surface area (Å²) >= 11 is 12.3. The van der Waals surface area contributed by atoms with Crippen LogP contribution in [0.25, 0.3) is 0 Å². The minimum atomic E-state index is -3.89. The summed E-state index contributed by atoms with van der Waals surface area (Å²) in [6, 6.07) is 11.3. The largest absolute Gasteiger partial charge is 0.354 e. The lowest BCUT2D eigenvalue weighted by atomic mass is 10.1. The second-order valence-electron chi connectivity index (χ2n) is 8.17. The molecule has 0 aliphatic rings. The summed E-state index contributed by atoms with van der Waals surface area (Å²) < 4.78 is 26.1. The van der Waals surface area contributed by atoms with Gasteiger partial charge in [-0.05, 0) is 38.0 Å². The number of carbonyl (C=O) groups excluding carboxylic acids is 2. The number of sulfonamides is 1. The van der Waals surface area contributed by atoms with E-state index in [1.165, 1.54) is 17.0 Å². The van der Waals surface area contributed by atoms with Gasteiger partial charge >= 0.3 is 0 Å². The van der Waals surface area contributed by atoms with Crippen LogP contribution in [0.4, 0.5) is 5.69 Å². The third-order valence-corrected chi connectivity index (χ3v) is 7.28. The summed E-state index contributed by atoms with van der Waals surface area (Å²) in [4.78, 5) is 27.6. The van der Waals surface area contributed by atoms with Crippen molar-refractivity contribution in [2.24, 2.45) is 0 Å². The summed E-state index contributed by atoms with van der Waals surface area (Å²) in [5.74, 6) is -0.846. The van der Waals surface area contributed by atoms with Crippen LogP contribution in [0.2, 0.25) is 10.0 Å². The molecule has 0 aliphatic heterocycles. The molecule has 0 aliphatic carbocycles. The Bertz CT molecular complexity index is 1110. The third-order valence-electron chi connectivity index (χ3n) is 5.35. The van der Waals surface area contributed by atoms with Crippen LogP contribution in [0.15, 0.2) is 42.5 Å². The number of aryl methyl sites for hydroxylation is 1. The van der Waals surface area contributed by atoms with E-state index in [1.54, 1.807) is 13.0 Å². The van der Waals surface area contributed by atoms with Crippen LogP contribution >= 0.6 is 23.2 Å². The maximum atomic E-state index is 13.5. The van der Waals surface area contributed by atoms with Gasteiger partial charge in [0.05, 0.1) is 22.0 Å². The molecule has 0 heterocycles. The summed E-state index contributed by atoms with van der Waals surface area (Å²) in [6.45, 7) is 5.71. The van der Waals surface area contributed by atoms with Crippen molar-refractivity contribution < 1.29 is 18.0 Å². The molecule has 2 amide bonds. The zero-order valence-electron chi connectivity index (χ0n) is 19.8. The fourth-order valence-electron chi connectivity index (χ4n) is 3.29. The van der Waals surface area contributed by atoms with Gasteiger partial charge in [-0.25, -0.2) is 8.42 Å². The molecule has 0 radical (unpaired) electrons. The van der Waals surface area contributed by atoms with E-state index in [0.29, 0.717) is 6.54 Å². The van der Waals surface area contributed by atoms with E-state index in [-0.39, 0.29) is 28.2 Å². The molecule has 0 bridgehead atoms. The van der Waals surface area contributed by atoms with Gasteiger partial charge in [-0.2, -0.15) is 0 Å². The number of halogens is 2. The zero-order chi connectivity index (χ0) is 25.5. The quantitative estimate of drug-likeness (QED) is 0.438. The van der Waals surface area contributed by atoms with Crippen LogP contribution in [-0.4, -0.2) is 50.5 Å². The number of unbranched alkanes of at least 4 members (excludes halogenated alkanes) is 1. The highest BCUT2D eigenvalue weighted by Gasteiger charge is 2.31. The number of hydrogen-bond acceptors (Lipinski definition) is 4. The van der Waals surface area contributed by atoms with Crippen LogP contribution in [-0.2, 0) is 26.2 Å². The smallest absolute Gasteiger partial charge is 0.244 e. The molecule has 10 heteroatoms. The highest BCUT2D eigenvalue weighted by atomic mass is 35.5. The lowest BCUT2D eigenvalue weighted by molar-refractivity contribution is -0.139. The van der Waals surface area contributed by atoms with Crippen molar-refractivity contribution in [2.45, 2.75) is 46.2 Å². The molecule has 0 saturated carbocycles. The molecule has 34 heavy (non-hydrogen) atoms. The molecule has 0 spiro atoms. The Morgan fingerprint density at radius 2 is 1.74 bits per heavy atom. The highest BCUT2D eigenvalue weighted by Crippen LogP contribution is 2.33. The van der Waals surface area contributed by atoms with Crippen LogP contribution in [0.3, 0.4) is 0 Å². The second kappa shape index (κ2) is 12.4. The Morgan fingerprint density at radius 1 is 1.09 bits per heavy atom. The van der Waals surface area contributed by atoms with E-state index in [2.05, 4.69) is 5.32 Å². The van der Waals surface area contributed by atoms with E-state index in [0.717, 1.165) is 34.5 Å². The lowest BCUT2D eigenvalue weighted by Gasteiger charge is -2.31. The van der Waals surface area contributed by atoms with E-state index >= 15 is 0 Å². The fraction of sp³-hybridized carbons (Fsp3) is 0.417. The van der Waals surface area contributed by atoms with Crippen molar-refractivity contribution in [1.82, 2.24) is 10.2 Å². The molecule has 2 aromatic carbocycles. The van der Waals surface area contributed by atoms with Gasteiger partial charge in [0.2, 0.25) is 21.8 Å². The Kier molecular flexibility index (Phi) is 10.2. The van der Waals surface area contributed by atoms with Crippen molar-refractivity contribution in [3.05, 3.63) is 63.6 Å². The van der Waals surface area contributed by atoms with Crippen molar-refractivity contribution in [3.8, 4) is 0 Å². The molecular formula is C24H31Cl2N3O4S. The zero-order valence-corrected chi connectivity index (χ0v) is 22.2. The van der Waals surface area contributed by atoms with Crippen molar-refractivity contribution in [2.75, 3.05) is 23.7 Å². The number of nitrogens with zero attached hydrogens (tertiary/aromatic N) is 2. The van der Waals surface area contributed by atoms with Crippen LogP contribution in [0.5, 0.6) is 0 Å². The highest BCUT2D eigenvalue weighted by molar-refractivity contribution is 7.92. The van der Waals surface area contributed by atoms with Crippen LogP contribution in [0, 0.1) is 6.92 Å². The van der Waals surface area contributed by atoms with Crippen molar-refractivity contribution in [1.29, 1.82) is 0 Å². The first-order valence-corrected chi connectivity index (χ1v) is 13.6. The van der Waals surface area contributed by atoms with Gasteiger partial charge in [0, 0.05) is 13.1 Å². The van der Waals surface area contributed by atoms with Crippen molar-refractivity contribution in [3.63, 3.8) is 0 Å². The predicted molar refractivity (Wildman–Crippen MR) is 138 cm³/mol. The van der Waals surface area contributed by atoms with Gasteiger partial charge < -0.3 is 10.2 Å². The van der Waals surface area contributed by atoms with Gasteiger partial charge in [-0.1, -0.05) is 72.4 Å². The van der Waals surface area contributed by atoms with Gasteiger partial charge in [0.15, 0.2) is 0 Å². The molecule has 0 aromatic heterocycles. The van der Waals surface area contributed by atoms with E-state index < -0.39 is 28.5 Å². The Balaban J connectivity index is 2.38. The molecule has 0 fully saturated rings. The maximum Gasteiger partial charge on any atom is 0.244 e. The number of rotatable bonds is 11. The topological polar surface area (TPSA) is 86.8 Å². The van der Waals surface area contributed by atoms with E-state index in [1.807, 2.05) is 38.1 Å². The normalized spacial score (nSPS) is 12.2. The molecule has 0 unspecified atom stereocenters. The molecule has 2 aromatic rings. The SMILES string of the molecule is CCCCNC(=O)[C@H](C)N(Cc1ccc(C)cc1)C(=O)CN(c1cccc(Cl)c1Cl)S(C)(=O)=O. The average Bonchev–Trinajstić information content (AvgIpc) is 2.78. The number of hydrogen-bond donors (Lipinski definition) is 1. The van der Waals surface area contributed by atoms with Crippen LogP contribution in [0.1, 0.15) is 37.8 Å². The lowest BCUT2D eigenvalue weighted by Crippen LogP contribution is -2.51. The molecule has 7 nitrogen and oxygen atoms in total. The standard InChI is InChI=1S/C24H31Cl2N3O4S/c1-5-6-14-27-24(31)18(3)28(15-19-12-10-17(2)11-13-19)22(30)16-29(34(4,32)33)21-9-7-8-20(25)23(21)26/h7-13,18H,5-6,14-16H2,1-4H3,(H,27,31)/t18-/m0/s1. The predicted octanol–water partition coefficient (Wildman–Crippen LogP) is 4.40. The Labute approximate surface area is 212 Å². The van der Waals surface area contributed by atoms with Gasteiger partial charge in [-0.3, -0.25) is 13.9 Å². The monoisotopic (exact) mass is 527 g/mol. The average molecular weight is 529 g/mol. The minimum absolute atomic E-state index is 0.0258. The molecule has 1 atom stereocenters. The maximum absolute atomic E-state index is 13.5. The summed E-state index contributed by atoms with van der Waals surface area (Å²) in [7, 11) is -3.89. The fourth-order valence-corrected chi connectivity index (χ4v) is 4.59. The Hall–Kier alpha value is -2.29. The second-order valence-corrected chi connectivity index (χ2v) is 10.9. The summed E-state index contributed by atoms with van der Waals surface area (Å²) in [5, 5.41) is 3.04. The number of carbonyl (C=O) groups is 2. The minimum Gasteiger partial charge on any atom is -0.354 e. The van der Waals surface area contributed by atoms with Crippen LogP contribution < -0.4 is 9.62 Å². The molecule has 1 N–H and O–H groups in total. The van der Waals surface area contributed by atoms with Gasteiger partial charge in [0.1, 0.15) is 12.6 Å². The Morgan fingerprint density at radius 3 is 2.32 bits per heavy atom. The summed E-state index contributed by atoms with van der Waals surface area (Å²) in [6.07, 6.45) is 2.73. The molecule has 186 valence electrons. The summed E-state index contributed by atoms with van der Waals surface area (Å²) in [5.41, 5.74) is 1.98.